The second-order valence-electron chi connectivity index (χ2n) is 6.11. The molecule has 0 radical (unpaired) electrons. The molecule has 0 amide bonds. The van der Waals surface area contributed by atoms with Gasteiger partial charge in [0.05, 0.1) is 7.11 Å². The fourth-order valence-corrected chi connectivity index (χ4v) is 2.49. The number of hydrogen-bond donors (Lipinski definition) is 3. The van der Waals surface area contributed by atoms with E-state index in [0.717, 1.165) is 12.1 Å². The van der Waals surface area contributed by atoms with Crippen molar-refractivity contribution >= 4 is 29.9 Å². The number of aromatic hydroxyl groups is 1. The van der Waals surface area contributed by atoms with Gasteiger partial charge in [0.2, 0.25) is 0 Å². The molecule has 0 saturated heterocycles. The molecule has 0 saturated carbocycles. The van der Waals surface area contributed by atoms with Crippen LogP contribution in [0.15, 0.2) is 47.5 Å². The summed E-state index contributed by atoms with van der Waals surface area (Å²) >= 11 is 0. The Hall–Kier alpha value is -1.96. The van der Waals surface area contributed by atoms with Gasteiger partial charge in [-0.1, -0.05) is 36.8 Å². The summed E-state index contributed by atoms with van der Waals surface area (Å²) in [5.74, 6) is 2.01. The highest BCUT2D eigenvalue weighted by atomic mass is 127. The van der Waals surface area contributed by atoms with Crippen LogP contribution in [0.25, 0.3) is 0 Å². The van der Waals surface area contributed by atoms with Crippen LogP contribution in [-0.4, -0.2) is 31.8 Å². The number of phenols is 1. The Morgan fingerprint density at radius 3 is 2.46 bits per heavy atom. The predicted molar refractivity (Wildman–Crippen MR) is 118 cm³/mol. The van der Waals surface area contributed by atoms with Gasteiger partial charge in [-0.3, -0.25) is 4.99 Å². The number of nitrogens with one attached hydrogen (secondary N) is 2. The molecule has 0 heterocycles. The summed E-state index contributed by atoms with van der Waals surface area (Å²) in [6, 6.07) is 13.7. The third-order valence-corrected chi connectivity index (χ3v) is 4.18. The van der Waals surface area contributed by atoms with E-state index in [1.54, 1.807) is 26.3 Å². The fraction of sp³-hybridized carbons (Fsp3) is 0.350. The maximum absolute atomic E-state index is 9.95. The first-order valence-electron chi connectivity index (χ1n) is 8.40. The standard InChI is InChI=1S/C20H27N3O2.HI/c1-14-5-7-16(8-6-14)15(2)12-22-20(21-3)23-13-17-11-18(25-4)9-10-19(17)24;/h5-11,15,24H,12-13H2,1-4H3,(H2,21,22,23);1H. The summed E-state index contributed by atoms with van der Waals surface area (Å²) < 4.78 is 5.19. The first kappa shape index (κ1) is 22.1. The summed E-state index contributed by atoms with van der Waals surface area (Å²) in [5.41, 5.74) is 3.31. The van der Waals surface area contributed by atoms with Crippen molar-refractivity contribution in [2.24, 2.45) is 4.99 Å². The number of guanidine groups is 1. The van der Waals surface area contributed by atoms with Gasteiger partial charge in [0.15, 0.2) is 5.96 Å². The van der Waals surface area contributed by atoms with Crippen molar-refractivity contribution in [2.75, 3.05) is 20.7 Å². The summed E-state index contributed by atoms with van der Waals surface area (Å²) in [6.07, 6.45) is 0. The van der Waals surface area contributed by atoms with Crippen LogP contribution in [0.5, 0.6) is 11.5 Å². The molecule has 2 rings (SSSR count). The van der Waals surface area contributed by atoms with E-state index in [4.69, 9.17) is 4.74 Å². The maximum atomic E-state index is 9.95. The van der Waals surface area contributed by atoms with Crippen molar-refractivity contribution < 1.29 is 9.84 Å². The Morgan fingerprint density at radius 2 is 1.85 bits per heavy atom. The fourth-order valence-electron chi connectivity index (χ4n) is 2.49. The lowest BCUT2D eigenvalue weighted by atomic mass is 10.0. The molecule has 142 valence electrons. The van der Waals surface area contributed by atoms with Crippen LogP contribution in [0.2, 0.25) is 0 Å². The van der Waals surface area contributed by atoms with Crippen molar-refractivity contribution in [3.05, 3.63) is 59.2 Å². The first-order chi connectivity index (χ1) is 12.0. The van der Waals surface area contributed by atoms with Crippen LogP contribution in [0.1, 0.15) is 29.5 Å². The van der Waals surface area contributed by atoms with E-state index in [1.165, 1.54) is 11.1 Å². The molecule has 0 fully saturated rings. The number of aryl methyl sites for hydroxylation is 1. The van der Waals surface area contributed by atoms with Crippen LogP contribution in [0, 0.1) is 6.92 Å². The maximum Gasteiger partial charge on any atom is 0.191 e. The van der Waals surface area contributed by atoms with Gasteiger partial charge < -0.3 is 20.5 Å². The number of hydrogen-bond acceptors (Lipinski definition) is 3. The largest absolute Gasteiger partial charge is 0.508 e. The molecule has 0 aromatic heterocycles. The Balaban J connectivity index is 0.00000338. The third-order valence-electron chi connectivity index (χ3n) is 4.18. The average molecular weight is 469 g/mol. The van der Waals surface area contributed by atoms with Crippen LogP contribution in [0.4, 0.5) is 0 Å². The van der Waals surface area contributed by atoms with Gasteiger partial charge in [0.25, 0.3) is 0 Å². The SMILES string of the molecule is CN=C(NCc1cc(OC)ccc1O)NCC(C)c1ccc(C)cc1.I. The van der Waals surface area contributed by atoms with E-state index in [1.807, 2.05) is 6.07 Å². The molecule has 5 nitrogen and oxygen atoms in total. The van der Waals surface area contributed by atoms with Crippen LogP contribution in [0.3, 0.4) is 0 Å². The molecule has 1 atom stereocenters. The number of benzene rings is 2. The normalized spacial score (nSPS) is 12.1. The van der Waals surface area contributed by atoms with Crippen molar-refractivity contribution in [2.45, 2.75) is 26.3 Å². The molecular formula is C20H28IN3O2. The minimum Gasteiger partial charge on any atom is -0.508 e. The van der Waals surface area contributed by atoms with Gasteiger partial charge in [-0.2, -0.15) is 0 Å². The highest BCUT2D eigenvalue weighted by molar-refractivity contribution is 14.0. The molecule has 0 aliphatic carbocycles. The zero-order valence-electron chi connectivity index (χ0n) is 15.7. The Labute approximate surface area is 172 Å². The van der Waals surface area contributed by atoms with Gasteiger partial charge in [-0.25, -0.2) is 0 Å². The monoisotopic (exact) mass is 469 g/mol. The lowest BCUT2D eigenvalue weighted by Crippen LogP contribution is -2.38. The highest BCUT2D eigenvalue weighted by Gasteiger charge is 2.08. The Bertz CT molecular complexity index is 717. The first-order valence-corrected chi connectivity index (χ1v) is 8.40. The molecule has 0 aliphatic heterocycles. The molecule has 0 aliphatic rings. The number of ether oxygens (including phenoxy) is 1. The van der Waals surface area contributed by atoms with Crippen molar-refractivity contribution in [1.29, 1.82) is 0 Å². The molecule has 6 heteroatoms. The zero-order valence-corrected chi connectivity index (χ0v) is 18.1. The molecule has 0 bridgehead atoms. The predicted octanol–water partition coefficient (Wildman–Crippen LogP) is 3.80. The van der Waals surface area contributed by atoms with Crippen molar-refractivity contribution in [1.82, 2.24) is 10.6 Å². The topological polar surface area (TPSA) is 65.9 Å². The van der Waals surface area contributed by atoms with E-state index in [2.05, 4.69) is 53.7 Å². The molecule has 2 aromatic carbocycles. The quantitative estimate of drug-likeness (QED) is 0.342. The summed E-state index contributed by atoms with van der Waals surface area (Å²) in [7, 11) is 3.34. The molecule has 0 spiro atoms. The summed E-state index contributed by atoms with van der Waals surface area (Å²) in [5, 5.41) is 16.5. The van der Waals surface area contributed by atoms with E-state index in [0.29, 0.717) is 24.2 Å². The minimum atomic E-state index is 0. The average Bonchev–Trinajstić information content (AvgIpc) is 2.63. The van der Waals surface area contributed by atoms with Crippen LogP contribution < -0.4 is 15.4 Å². The number of rotatable bonds is 6. The summed E-state index contributed by atoms with van der Waals surface area (Å²) in [6.45, 7) is 5.50. The third kappa shape index (κ3) is 6.40. The van der Waals surface area contributed by atoms with Crippen LogP contribution >= 0.6 is 24.0 Å². The summed E-state index contributed by atoms with van der Waals surface area (Å²) in [4.78, 5) is 4.24. The molecular weight excluding hydrogens is 441 g/mol. The van der Waals surface area contributed by atoms with Gasteiger partial charge >= 0.3 is 0 Å². The van der Waals surface area contributed by atoms with E-state index in [-0.39, 0.29) is 29.7 Å². The second kappa shape index (κ2) is 10.9. The smallest absolute Gasteiger partial charge is 0.191 e. The number of nitrogens with zero attached hydrogens (tertiary/aromatic N) is 1. The number of phenolic OH excluding ortho intramolecular Hbond substituents is 1. The lowest BCUT2D eigenvalue weighted by Gasteiger charge is -2.17. The molecule has 26 heavy (non-hydrogen) atoms. The van der Waals surface area contributed by atoms with Gasteiger partial charge in [-0.15, -0.1) is 24.0 Å². The number of aliphatic imine (C=N–C) groups is 1. The van der Waals surface area contributed by atoms with Gasteiger partial charge in [0.1, 0.15) is 11.5 Å². The number of halogens is 1. The molecule has 3 N–H and O–H groups in total. The minimum absolute atomic E-state index is 0. The van der Waals surface area contributed by atoms with E-state index < -0.39 is 0 Å². The van der Waals surface area contributed by atoms with E-state index >= 15 is 0 Å². The molecule has 1 unspecified atom stereocenters. The molecule has 2 aromatic rings. The van der Waals surface area contributed by atoms with E-state index in [9.17, 15) is 5.11 Å². The highest BCUT2D eigenvalue weighted by Crippen LogP contribution is 2.22. The zero-order chi connectivity index (χ0) is 18.2. The van der Waals surface area contributed by atoms with Crippen molar-refractivity contribution in [3.63, 3.8) is 0 Å². The number of methoxy groups -OCH3 is 1. The Morgan fingerprint density at radius 1 is 1.15 bits per heavy atom. The van der Waals surface area contributed by atoms with Crippen LogP contribution in [-0.2, 0) is 6.54 Å². The second-order valence-corrected chi connectivity index (χ2v) is 6.11. The Kier molecular flexibility index (Phi) is 9.26. The van der Waals surface area contributed by atoms with Gasteiger partial charge in [-0.05, 0) is 36.6 Å². The van der Waals surface area contributed by atoms with Gasteiger partial charge in [0, 0.05) is 25.7 Å². The van der Waals surface area contributed by atoms with Crippen molar-refractivity contribution in [3.8, 4) is 11.5 Å². The lowest BCUT2D eigenvalue weighted by molar-refractivity contribution is 0.410.